The first-order chi connectivity index (χ1) is 30.1. The van der Waals surface area contributed by atoms with Gasteiger partial charge in [-0.05, 0) is 109 Å². The normalized spacial score (nSPS) is 12.1. The van der Waals surface area contributed by atoms with Crippen molar-refractivity contribution in [1.82, 2.24) is 0 Å². The van der Waals surface area contributed by atoms with Gasteiger partial charge in [-0.25, -0.2) is 8.42 Å². The van der Waals surface area contributed by atoms with Crippen LogP contribution >= 0.6 is 35.2 Å². The molecule has 0 radical (unpaired) electrons. The Labute approximate surface area is 385 Å². The van der Waals surface area contributed by atoms with Gasteiger partial charge in [-0.2, -0.15) is 0 Å². The maximum absolute atomic E-state index is 15.1. The maximum atomic E-state index is 15.1. The van der Waals surface area contributed by atoms with Crippen LogP contribution in [0.2, 0.25) is 0 Å². The summed E-state index contributed by atoms with van der Waals surface area (Å²) in [6, 6.07) is 72.7. The van der Waals surface area contributed by atoms with Crippen LogP contribution in [0.4, 0.5) is 0 Å². The Balaban J connectivity index is 0.000000280. The fourth-order valence-electron chi connectivity index (χ4n) is 7.41. The van der Waals surface area contributed by atoms with Gasteiger partial charge in [0.05, 0.1) is 0 Å². The predicted molar refractivity (Wildman–Crippen MR) is 266 cm³/mol. The molecular weight excluding hydrogens is 951 g/mol. The zero-order valence-corrected chi connectivity index (χ0v) is 40.5. The van der Waals surface area contributed by atoms with Crippen molar-refractivity contribution in [2.24, 2.45) is 11.5 Å². The third kappa shape index (κ3) is 12.0. The number of hydrogen-bond donors (Lipinski definition) is 2. The van der Waals surface area contributed by atoms with Gasteiger partial charge in [-0.3, -0.25) is 0 Å². The number of halogens is 2. The summed E-state index contributed by atoms with van der Waals surface area (Å²) in [5.41, 5.74) is 16.5. The minimum absolute atomic E-state index is 0.163. The van der Waals surface area contributed by atoms with E-state index < -0.39 is 25.7 Å². The van der Waals surface area contributed by atoms with E-state index in [1.54, 1.807) is 0 Å². The molecule has 0 amide bonds. The van der Waals surface area contributed by atoms with Gasteiger partial charge < -0.3 is 11.5 Å². The molecule has 0 bridgehead atoms. The summed E-state index contributed by atoms with van der Waals surface area (Å²) in [7, 11) is 2.54. The summed E-state index contributed by atoms with van der Waals surface area (Å²) < 4.78 is 30.1. The van der Waals surface area contributed by atoms with Crippen molar-refractivity contribution in [3.05, 3.63) is 241 Å². The molecule has 314 valence electrons. The average Bonchev–Trinajstić information content (AvgIpc) is 3.31. The molecule has 4 nitrogen and oxygen atoms in total. The summed E-state index contributed by atoms with van der Waals surface area (Å²) >= 11 is -0.346. The number of rotatable bonds is 11. The number of sulfone groups is 1. The Kier molecular flexibility index (Phi) is 17.8. The molecule has 4 N–H and O–H groups in total. The minimum atomic E-state index is -3.90. The van der Waals surface area contributed by atoms with Gasteiger partial charge in [0.15, 0.2) is 0 Å². The average molecular weight is 1000 g/mol. The monoisotopic (exact) mass is 1000 g/mol. The van der Waals surface area contributed by atoms with Crippen LogP contribution in [-0.2, 0) is 25.0 Å². The van der Waals surface area contributed by atoms with Gasteiger partial charge >= 0.3 is 34.5 Å². The molecule has 0 heterocycles. The summed E-state index contributed by atoms with van der Waals surface area (Å²) in [4.78, 5) is 0.791. The van der Waals surface area contributed by atoms with Crippen molar-refractivity contribution in [2.75, 3.05) is 0 Å². The van der Waals surface area contributed by atoms with Crippen LogP contribution < -0.4 is 43.3 Å². The van der Waals surface area contributed by atoms with Crippen LogP contribution in [-0.4, -0.2) is 8.42 Å². The second-order valence-corrected chi connectivity index (χ2v) is 24.1. The van der Waals surface area contributed by atoms with Crippen molar-refractivity contribution in [2.45, 2.75) is 35.7 Å². The molecule has 10 heteroatoms. The SMILES string of the molecule is Cc1ccc(S(=O)(=O)c2ccc(C)cc2[PH+](c2ccccc2)c2ccccc2)c([PH+](c2ccccc2)c2ccccc2)c1.NC(c1ccccc1)C(N)c1ccccc1.[Cl][Ru+2][Cl]. The number of nitrogens with two attached hydrogens (primary N) is 2. The quantitative estimate of drug-likeness (QED) is 0.0999. The molecule has 2 unspecified atom stereocenters. The van der Waals surface area contributed by atoms with Gasteiger partial charge in [0.25, 0.3) is 0 Å². The van der Waals surface area contributed by atoms with Crippen LogP contribution in [0.15, 0.2) is 228 Å². The predicted octanol–water partition coefficient (Wildman–Crippen LogP) is 9.88. The number of hydrogen-bond acceptors (Lipinski definition) is 4. The molecule has 0 saturated heterocycles. The molecular formula is C52H50Cl2N2O2P2RuS+4. The van der Waals surface area contributed by atoms with E-state index in [0.29, 0.717) is 9.79 Å². The van der Waals surface area contributed by atoms with Crippen LogP contribution in [0.25, 0.3) is 0 Å². The van der Waals surface area contributed by atoms with E-state index in [4.69, 9.17) is 30.8 Å². The summed E-state index contributed by atoms with van der Waals surface area (Å²) in [6.45, 7) is 4.08. The summed E-state index contributed by atoms with van der Waals surface area (Å²) in [5.74, 6) is 0. The van der Waals surface area contributed by atoms with Crippen molar-refractivity contribution >= 4 is 76.9 Å². The van der Waals surface area contributed by atoms with Crippen molar-refractivity contribution in [3.8, 4) is 0 Å². The zero-order chi connectivity index (χ0) is 43.9. The molecule has 62 heavy (non-hydrogen) atoms. The second kappa shape index (κ2) is 23.4. The van der Waals surface area contributed by atoms with Gasteiger partial charge in [-0.1, -0.05) is 146 Å². The first-order valence-corrected chi connectivity index (χ1v) is 29.0. The molecule has 2 atom stereocenters. The molecule has 0 aliphatic carbocycles. The fraction of sp³-hybridized carbons (Fsp3) is 0.0769. The summed E-state index contributed by atoms with van der Waals surface area (Å²) in [6.07, 6.45) is 0. The zero-order valence-electron chi connectivity index (χ0n) is 34.4. The fourth-order valence-corrected chi connectivity index (χ4v) is 15.7. The van der Waals surface area contributed by atoms with Crippen LogP contribution in [0.5, 0.6) is 0 Å². The third-order valence-electron chi connectivity index (χ3n) is 10.4. The van der Waals surface area contributed by atoms with Gasteiger partial charge in [0.1, 0.15) is 57.5 Å². The first kappa shape index (κ1) is 47.2. The van der Waals surface area contributed by atoms with E-state index in [1.165, 1.54) is 0 Å². The number of aryl methyl sites for hydroxylation is 2. The van der Waals surface area contributed by atoms with Crippen molar-refractivity contribution in [3.63, 3.8) is 0 Å². The molecule has 8 aromatic rings. The number of benzene rings is 8. The van der Waals surface area contributed by atoms with Crippen LogP contribution in [0.3, 0.4) is 0 Å². The van der Waals surface area contributed by atoms with Crippen molar-refractivity contribution in [1.29, 1.82) is 0 Å². The van der Waals surface area contributed by atoms with E-state index in [1.807, 2.05) is 172 Å². The Morgan fingerprint density at radius 2 is 0.661 bits per heavy atom. The molecule has 8 rings (SSSR count). The topological polar surface area (TPSA) is 86.2 Å². The molecule has 8 aromatic carbocycles. The van der Waals surface area contributed by atoms with Crippen LogP contribution in [0.1, 0.15) is 34.3 Å². The molecule has 0 aliphatic rings. The van der Waals surface area contributed by atoms with Gasteiger partial charge in [0, 0.05) is 12.1 Å². The van der Waals surface area contributed by atoms with Gasteiger partial charge in [-0.15, -0.1) is 0 Å². The van der Waals surface area contributed by atoms with E-state index in [2.05, 4.69) is 60.7 Å². The van der Waals surface area contributed by atoms with E-state index >= 15 is 8.42 Å². The van der Waals surface area contributed by atoms with E-state index in [-0.39, 0.29) is 27.2 Å². The molecule has 0 saturated carbocycles. The summed E-state index contributed by atoms with van der Waals surface area (Å²) in [5, 5.41) is 6.40. The molecule has 0 spiro atoms. The third-order valence-corrected chi connectivity index (χ3v) is 18.2. The Morgan fingerprint density at radius 3 is 0.919 bits per heavy atom. The second-order valence-electron chi connectivity index (χ2n) is 14.6. The van der Waals surface area contributed by atoms with Gasteiger partial charge in [0.2, 0.25) is 9.84 Å². The molecule has 0 aliphatic heterocycles. The first-order valence-electron chi connectivity index (χ1n) is 20.0. The molecule has 0 aromatic heterocycles. The Hall–Kier alpha value is -4.31. The van der Waals surface area contributed by atoms with Crippen molar-refractivity contribution < 1.29 is 23.6 Å². The Bertz CT molecular complexity index is 2450. The van der Waals surface area contributed by atoms with E-state index in [9.17, 15) is 0 Å². The van der Waals surface area contributed by atoms with E-state index in [0.717, 1.165) is 54.1 Å². The standard InChI is InChI=1S/C38H32O2P2S.C14H16N2.2ClH.Ru/c1-29-23-25-37(35(27-29)41(31-15-7-3-8-16-31)32-17-9-4-10-18-32)43(39,40)38-26-24-30(2)28-36(38)42(33-19-11-5-12-20-33)34-21-13-6-14-22-34;15-13(11-7-3-1-4-8-11)14(16)12-9-5-2-6-10-12;;;/h3-28H,1-2H3;1-10,13-14H,15-16H2;2*1H;/q;;;;+4. The molecule has 0 fully saturated rings. The Morgan fingerprint density at radius 1 is 0.419 bits per heavy atom. The van der Waals surface area contributed by atoms with Crippen LogP contribution in [0, 0.1) is 13.8 Å².